The van der Waals surface area contributed by atoms with E-state index >= 15 is 0 Å². The first kappa shape index (κ1) is 20.5. The van der Waals surface area contributed by atoms with Gasteiger partial charge in [-0.3, -0.25) is 9.36 Å². The molecule has 0 fully saturated rings. The van der Waals surface area contributed by atoms with Gasteiger partial charge in [0.25, 0.3) is 0 Å². The Morgan fingerprint density at radius 1 is 1.07 bits per heavy atom. The average molecular weight is 434 g/mol. The smallest absolute Gasteiger partial charge is 0.192 e. The standard InChI is InChI=1S/C20H17Cl2N3O2S/c1-2-11-25-19(12-27-17-9-7-16(22)8-10-17)23-24-20(25)28-13-18(26)14-3-5-15(21)6-4-14/h2-10H,1,11-13H2. The van der Waals surface area contributed by atoms with Crippen molar-refractivity contribution >= 4 is 40.7 Å². The number of carbonyl (C=O) groups excluding carboxylic acids is 1. The van der Waals surface area contributed by atoms with Gasteiger partial charge in [-0.1, -0.05) is 41.0 Å². The average Bonchev–Trinajstić information content (AvgIpc) is 3.08. The topological polar surface area (TPSA) is 57.0 Å². The number of nitrogens with zero attached hydrogens (tertiary/aromatic N) is 3. The van der Waals surface area contributed by atoms with E-state index in [1.54, 1.807) is 54.6 Å². The van der Waals surface area contributed by atoms with E-state index < -0.39 is 0 Å². The maximum absolute atomic E-state index is 12.4. The fourth-order valence-electron chi connectivity index (χ4n) is 2.37. The molecule has 28 heavy (non-hydrogen) atoms. The summed E-state index contributed by atoms with van der Waals surface area (Å²) in [4.78, 5) is 12.4. The zero-order valence-corrected chi connectivity index (χ0v) is 17.2. The van der Waals surface area contributed by atoms with Crippen LogP contribution in [-0.2, 0) is 13.2 Å². The molecule has 3 aromatic rings. The highest BCUT2D eigenvalue weighted by atomic mass is 35.5. The van der Waals surface area contributed by atoms with Gasteiger partial charge >= 0.3 is 0 Å². The lowest BCUT2D eigenvalue weighted by molar-refractivity contribution is 0.102. The molecular weight excluding hydrogens is 417 g/mol. The minimum Gasteiger partial charge on any atom is -0.486 e. The van der Waals surface area contributed by atoms with Gasteiger partial charge in [0.2, 0.25) is 0 Å². The maximum atomic E-state index is 12.4. The number of hydrogen-bond donors (Lipinski definition) is 0. The van der Waals surface area contributed by atoms with E-state index in [1.807, 2.05) is 4.57 Å². The molecule has 1 heterocycles. The van der Waals surface area contributed by atoms with Crippen molar-refractivity contribution < 1.29 is 9.53 Å². The van der Waals surface area contributed by atoms with Crippen molar-refractivity contribution in [2.45, 2.75) is 18.3 Å². The van der Waals surface area contributed by atoms with Crippen LogP contribution in [0.2, 0.25) is 10.0 Å². The zero-order valence-electron chi connectivity index (χ0n) is 14.8. The molecule has 0 aliphatic rings. The molecule has 1 aromatic heterocycles. The summed E-state index contributed by atoms with van der Waals surface area (Å²) in [5.74, 6) is 1.57. The summed E-state index contributed by atoms with van der Waals surface area (Å²) in [7, 11) is 0. The van der Waals surface area contributed by atoms with Crippen molar-refractivity contribution in [2.75, 3.05) is 5.75 Å². The van der Waals surface area contributed by atoms with E-state index in [0.29, 0.717) is 38.9 Å². The van der Waals surface area contributed by atoms with Crippen LogP contribution in [-0.4, -0.2) is 26.3 Å². The van der Waals surface area contributed by atoms with Crippen LogP contribution in [0.5, 0.6) is 5.75 Å². The summed E-state index contributed by atoms with van der Waals surface area (Å²) < 4.78 is 7.63. The lowest BCUT2D eigenvalue weighted by atomic mass is 10.1. The van der Waals surface area contributed by atoms with Crippen LogP contribution in [0.4, 0.5) is 0 Å². The van der Waals surface area contributed by atoms with E-state index in [2.05, 4.69) is 16.8 Å². The molecule has 0 aliphatic heterocycles. The normalized spacial score (nSPS) is 10.6. The van der Waals surface area contributed by atoms with E-state index in [1.165, 1.54) is 11.8 Å². The van der Waals surface area contributed by atoms with Gasteiger partial charge in [0, 0.05) is 22.2 Å². The first-order valence-corrected chi connectivity index (χ1v) is 10.1. The SMILES string of the molecule is C=CCn1c(COc2ccc(Cl)cc2)nnc1SCC(=O)c1ccc(Cl)cc1. The molecule has 5 nitrogen and oxygen atoms in total. The first-order valence-electron chi connectivity index (χ1n) is 8.39. The van der Waals surface area contributed by atoms with Crippen molar-refractivity contribution in [2.24, 2.45) is 0 Å². The molecule has 0 aliphatic carbocycles. The largest absolute Gasteiger partial charge is 0.486 e. The highest BCUT2D eigenvalue weighted by Gasteiger charge is 2.15. The molecule has 8 heteroatoms. The van der Waals surface area contributed by atoms with Crippen LogP contribution < -0.4 is 4.74 Å². The number of ether oxygens (including phenoxy) is 1. The van der Waals surface area contributed by atoms with E-state index in [0.717, 1.165) is 0 Å². The summed E-state index contributed by atoms with van der Waals surface area (Å²) in [5, 5.41) is 10.3. The number of hydrogen-bond acceptors (Lipinski definition) is 5. The molecule has 0 amide bonds. The minimum absolute atomic E-state index is 0.00576. The zero-order chi connectivity index (χ0) is 19.9. The Morgan fingerprint density at radius 3 is 2.36 bits per heavy atom. The number of halogens is 2. The fraction of sp³-hybridized carbons (Fsp3) is 0.150. The molecule has 0 radical (unpaired) electrons. The Morgan fingerprint density at radius 2 is 1.71 bits per heavy atom. The summed E-state index contributed by atoms with van der Waals surface area (Å²) in [5.41, 5.74) is 0.609. The van der Waals surface area contributed by atoms with Gasteiger partial charge in [-0.05, 0) is 48.5 Å². The third-order valence-corrected chi connectivity index (χ3v) is 5.26. The molecule has 0 spiro atoms. The third kappa shape index (κ3) is 5.38. The Hall–Kier alpha value is -2.28. The number of benzene rings is 2. The number of rotatable bonds is 9. The second-order valence-electron chi connectivity index (χ2n) is 5.76. The molecule has 0 unspecified atom stereocenters. The van der Waals surface area contributed by atoms with Gasteiger partial charge in [0.1, 0.15) is 12.4 Å². The van der Waals surface area contributed by atoms with Crippen LogP contribution in [0.1, 0.15) is 16.2 Å². The number of Topliss-reactive ketones (excluding diaryl/α,β-unsaturated/α-hetero) is 1. The van der Waals surface area contributed by atoms with Crippen LogP contribution in [0.15, 0.2) is 66.3 Å². The Bertz CT molecular complexity index is 957. The second-order valence-corrected chi connectivity index (χ2v) is 7.57. The predicted molar refractivity (Wildman–Crippen MR) is 113 cm³/mol. The summed E-state index contributed by atoms with van der Waals surface area (Å²) in [6.45, 7) is 4.54. The monoisotopic (exact) mass is 433 g/mol. The molecule has 0 bridgehead atoms. The summed E-state index contributed by atoms with van der Waals surface area (Å²) in [6, 6.07) is 13.9. The van der Waals surface area contributed by atoms with Crippen LogP contribution in [0.25, 0.3) is 0 Å². The van der Waals surface area contributed by atoms with E-state index in [4.69, 9.17) is 27.9 Å². The third-order valence-electron chi connectivity index (χ3n) is 3.79. The van der Waals surface area contributed by atoms with Gasteiger partial charge in [-0.2, -0.15) is 0 Å². The number of carbonyl (C=O) groups is 1. The van der Waals surface area contributed by atoms with Gasteiger partial charge < -0.3 is 4.74 Å². The van der Waals surface area contributed by atoms with Gasteiger partial charge in [-0.25, -0.2) is 0 Å². The lowest BCUT2D eigenvalue weighted by Gasteiger charge is -2.09. The minimum atomic E-state index is -0.00576. The molecular formula is C20H17Cl2N3O2S. The molecule has 0 saturated carbocycles. The van der Waals surface area contributed by atoms with Crippen molar-refractivity contribution in [3.05, 3.63) is 82.6 Å². The molecule has 0 saturated heterocycles. The van der Waals surface area contributed by atoms with Crippen LogP contribution >= 0.6 is 35.0 Å². The molecule has 2 aromatic carbocycles. The van der Waals surface area contributed by atoms with Crippen LogP contribution in [0, 0.1) is 0 Å². The van der Waals surface area contributed by atoms with Crippen molar-refractivity contribution in [1.29, 1.82) is 0 Å². The molecule has 144 valence electrons. The summed E-state index contributed by atoms with van der Waals surface area (Å²) in [6.07, 6.45) is 1.75. The molecule has 3 rings (SSSR count). The second kappa shape index (κ2) is 9.78. The van der Waals surface area contributed by atoms with Gasteiger partial charge in [0.05, 0.1) is 5.75 Å². The number of thioether (sulfide) groups is 1. The lowest BCUT2D eigenvalue weighted by Crippen LogP contribution is -2.09. The van der Waals surface area contributed by atoms with E-state index in [-0.39, 0.29) is 18.1 Å². The van der Waals surface area contributed by atoms with E-state index in [9.17, 15) is 4.79 Å². The maximum Gasteiger partial charge on any atom is 0.192 e. The Labute approximate surface area is 177 Å². The van der Waals surface area contributed by atoms with Crippen molar-refractivity contribution in [3.63, 3.8) is 0 Å². The first-order chi connectivity index (χ1) is 13.6. The molecule has 0 atom stereocenters. The number of allylic oxidation sites excluding steroid dienone is 1. The summed E-state index contributed by atoms with van der Waals surface area (Å²) >= 11 is 13.1. The Kier molecular flexibility index (Phi) is 7.14. The number of aromatic nitrogens is 3. The molecule has 0 N–H and O–H groups in total. The number of ketones is 1. The Balaban J connectivity index is 1.65. The van der Waals surface area contributed by atoms with Crippen molar-refractivity contribution in [1.82, 2.24) is 14.8 Å². The van der Waals surface area contributed by atoms with Crippen molar-refractivity contribution in [3.8, 4) is 5.75 Å². The van der Waals surface area contributed by atoms with Gasteiger partial charge in [-0.15, -0.1) is 16.8 Å². The highest BCUT2D eigenvalue weighted by Crippen LogP contribution is 2.21. The highest BCUT2D eigenvalue weighted by molar-refractivity contribution is 7.99. The van der Waals surface area contributed by atoms with Crippen LogP contribution in [0.3, 0.4) is 0 Å². The predicted octanol–water partition coefficient (Wildman–Crippen LogP) is 5.32. The quantitative estimate of drug-likeness (QED) is 0.259. The van der Waals surface area contributed by atoms with Gasteiger partial charge in [0.15, 0.2) is 16.8 Å². The fourth-order valence-corrected chi connectivity index (χ4v) is 3.49.